The lowest BCUT2D eigenvalue weighted by atomic mass is 9.99. The third-order valence-electron chi connectivity index (χ3n) is 4.18. The summed E-state index contributed by atoms with van der Waals surface area (Å²) in [6, 6.07) is 5.87. The Bertz CT molecular complexity index is 758. The van der Waals surface area contributed by atoms with Crippen molar-refractivity contribution < 1.29 is 4.79 Å². The molecule has 21 heavy (non-hydrogen) atoms. The number of carbonyl (C=O) groups is 1. The number of aromatic nitrogens is 1. The number of carbonyl (C=O) groups excluding carboxylic acids is 1. The van der Waals surface area contributed by atoms with Crippen molar-refractivity contribution in [2.24, 2.45) is 5.73 Å². The van der Waals surface area contributed by atoms with Gasteiger partial charge in [0.15, 0.2) is 0 Å². The zero-order valence-electron chi connectivity index (χ0n) is 12.1. The lowest BCUT2D eigenvalue weighted by Crippen LogP contribution is -2.22. The van der Waals surface area contributed by atoms with Gasteiger partial charge >= 0.3 is 0 Å². The number of hydrogen-bond donors (Lipinski definition) is 2. The van der Waals surface area contributed by atoms with Gasteiger partial charge in [-0.1, -0.05) is 6.07 Å². The van der Waals surface area contributed by atoms with E-state index in [0.717, 1.165) is 35.2 Å². The fourth-order valence-electron chi connectivity index (χ4n) is 3.12. The number of fused-ring (bicyclic) bond motifs is 1. The predicted octanol–water partition coefficient (Wildman–Crippen LogP) is 1.46. The van der Waals surface area contributed by atoms with E-state index in [1.807, 2.05) is 12.1 Å². The number of amides is 1. The summed E-state index contributed by atoms with van der Waals surface area (Å²) >= 11 is 0. The van der Waals surface area contributed by atoms with E-state index in [9.17, 15) is 9.59 Å². The van der Waals surface area contributed by atoms with Crippen molar-refractivity contribution in [3.63, 3.8) is 0 Å². The third kappa shape index (κ3) is 2.39. The Kier molecular flexibility index (Phi) is 3.41. The molecule has 1 aromatic carbocycles. The molecule has 2 aromatic rings. The Balaban J connectivity index is 2.31. The van der Waals surface area contributed by atoms with Crippen molar-refractivity contribution >= 4 is 22.5 Å². The number of hydrogen-bond acceptors (Lipinski definition) is 3. The Labute approximate surface area is 122 Å². The van der Waals surface area contributed by atoms with E-state index in [1.165, 1.54) is 12.8 Å². The molecule has 5 heteroatoms. The van der Waals surface area contributed by atoms with Crippen molar-refractivity contribution in [2.75, 3.05) is 18.0 Å². The van der Waals surface area contributed by atoms with Gasteiger partial charge < -0.3 is 15.6 Å². The summed E-state index contributed by atoms with van der Waals surface area (Å²) < 4.78 is 0. The van der Waals surface area contributed by atoms with Gasteiger partial charge in [-0.15, -0.1) is 0 Å². The molecule has 1 saturated heterocycles. The van der Waals surface area contributed by atoms with E-state index in [-0.39, 0.29) is 12.0 Å². The molecule has 1 aromatic heterocycles. The Hall–Kier alpha value is -2.30. The van der Waals surface area contributed by atoms with Gasteiger partial charge in [0.25, 0.3) is 5.56 Å². The Morgan fingerprint density at radius 3 is 2.71 bits per heavy atom. The number of benzene rings is 1. The first-order valence-corrected chi connectivity index (χ1v) is 7.25. The minimum atomic E-state index is -0.416. The predicted molar refractivity (Wildman–Crippen MR) is 83.7 cm³/mol. The minimum Gasteiger partial charge on any atom is -0.371 e. The summed E-state index contributed by atoms with van der Waals surface area (Å²) in [5, 5.41) is 0.954. The van der Waals surface area contributed by atoms with E-state index in [0.29, 0.717) is 5.56 Å². The molecular formula is C16H19N3O2. The van der Waals surface area contributed by atoms with Crippen LogP contribution >= 0.6 is 0 Å². The average molecular weight is 285 g/mol. The largest absolute Gasteiger partial charge is 0.371 e. The topological polar surface area (TPSA) is 79.2 Å². The van der Waals surface area contributed by atoms with Crippen LogP contribution in [0.1, 0.15) is 24.0 Å². The molecule has 0 aliphatic carbocycles. The van der Waals surface area contributed by atoms with E-state index in [1.54, 1.807) is 6.92 Å². The number of aromatic amines is 1. The molecule has 1 fully saturated rings. The second-order valence-electron chi connectivity index (χ2n) is 5.59. The van der Waals surface area contributed by atoms with E-state index in [4.69, 9.17) is 5.73 Å². The van der Waals surface area contributed by atoms with Crippen molar-refractivity contribution in [3.8, 4) is 0 Å². The van der Waals surface area contributed by atoms with Crippen LogP contribution in [0, 0.1) is 6.92 Å². The molecular weight excluding hydrogens is 266 g/mol. The maximum Gasteiger partial charge on any atom is 0.251 e. The minimum absolute atomic E-state index is 0.0944. The summed E-state index contributed by atoms with van der Waals surface area (Å²) in [4.78, 5) is 28.7. The molecule has 1 amide bonds. The molecule has 0 bridgehead atoms. The zero-order chi connectivity index (χ0) is 15.0. The highest BCUT2D eigenvalue weighted by atomic mass is 16.1. The van der Waals surface area contributed by atoms with Crippen LogP contribution in [0.4, 0.5) is 5.69 Å². The molecule has 3 N–H and O–H groups in total. The van der Waals surface area contributed by atoms with E-state index < -0.39 is 5.91 Å². The normalized spacial score (nSPS) is 14.8. The second kappa shape index (κ2) is 5.24. The van der Waals surface area contributed by atoms with E-state index >= 15 is 0 Å². The van der Waals surface area contributed by atoms with Crippen molar-refractivity contribution in [3.05, 3.63) is 39.7 Å². The third-order valence-corrected chi connectivity index (χ3v) is 4.18. The van der Waals surface area contributed by atoms with Crippen LogP contribution in [-0.4, -0.2) is 24.0 Å². The molecule has 3 rings (SSSR count). The van der Waals surface area contributed by atoms with Gasteiger partial charge in [-0.05, 0) is 37.5 Å². The van der Waals surface area contributed by atoms with E-state index in [2.05, 4.69) is 16.0 Å². The molecule has 0 radical (unpaired) electrons. The smallest absolute Gasteiger partial charge is 0.251 e. The van der Waals surface area contributed by atoms with Crippen LogP contribution in [-0.2, 0) is 11.2 Å². The van der Waals surface area contributed by atoms with Crippen LogP contribution in [0.25, 0.3) is 10.9 Å². The fourth-order valence-corrected chi connectivity index (χ4v) is 3.12. The average Bonchev–Trinajstić information content (AvgIpc) is 2.96. The molecule has 0 saturated carbocycles. The number of anilines is 1. The van der Waals surface area contributed by atoms with Gasteiger partial charge in [0.2, 0.25) is 5.91 Å². The lowest BCUT2D eigenvalue weighted by Gasteiger charge is -2.22. The molecule has 5 nitrogen and oxygen atoms in total. The summed E-state index contributed by atoms with van der Waals surface area (Å²) in [6.45, 7) is 3.76. The quantitative estimate of drug-likeness (QED) is 0.896. The summed E-state index contributed by atoms with van der Waals surface area (Å²) in [5.41, 5.74) is 8.40. The van der Waals surface area contributed by atoms with Gasteiger partial charge in [-0.3, -0.25) is 9.59 Å². The number of H-pyrrole nitrogens is 1. The number of nitrogens with zero attached hydrogens (tertiary/aromatic N) is 1. The number of primary amides is 1. The van der Waals surface area contributed by atoms with Crippen LogP contribution < -0.4 is 16.2 Å². The van der Waals surface area contributed by atoms with Crippen LogP contribution in [0.5, 0.6) is 0 Å². The molecule has 0 atom stereocenters. The number of nitrogens with two attached hydrogens (primary N) is 1. The van der Waals surface area contributed by atoms with Gasteiger partial charge in [-0.25, -0.2) is 0 Å². The van der Waals surface area contributed by atoms with Crippen LogP contribution in [0.2, 0.25) is 0 Å². The zero-order valence-corrected chi connectivity index (χ0v) is 12.1. The molecule has 2 heterocycles. The van der Waals surface area contributed by atoms with Gasteiger partial charge in [0, 0.05) is 29.7 Å². The second-order valence-corrected chi connectivity index (χ2v) is 5.59. The molecule has 1 aliphatic rings. The first kappa shape index (κ1) is 13.7. The SMILES string of the molecule is Cc1c(CC(N)=O)c2c(N3CCCC3)cccc2[nH]c1=O. The number of rotatable bonds is 3. The summed E-state index contributed by atoms with van der Waals surface area (Å²) in [5.74, 6) is -0.416. The molecule has 0 spiro atoms. The van der Waals surface area contributed by atoms with Crippen LogP contribution in [0.3, 0.4) is 0 Å². The van der Waals surface area contributed by atoms with Crippen molar-refractivity contribution in [1.82, 2.24) is 4.98 Å². The summed E-state index contributed by atoms with van der Waals surface area (Å²) in [6.07, 6.45) is 2.44. The van der Waals surface area contributed by atoms with Gasteiger partial charge in [0.1, 0.15) is 0 Å². The Morgan fingerprint density at radius 2 is 2.05 bits per heavy atom. The van der Waals surface area contributed by atoms with Gasteiger partial charge in [0.05, 0.1) is 11.9 Å². The monoisotopic (exact) mass is 285 g/mol. The fraction of sp³-hybridized carbons (Fsp3) is 0.375. The molecule has 110 valence electrons. The highest BCUT2D eigenvalue weighted by Gasteiger charge is 2.19. The summed E-state index contributed by atoms with van der Waals surface area (Å²) in [7, 11) is 0. The maximum absolute atomic E-state index is 12.0. The lowest BCUT2D eigenvalue weighted by molar-refractivity contribution is -0.117. The number of pyridine rings is 1. The van der Waals surface area contributed by atoms with Crippen molar-refractivity contribution in [1.29, 1.82) is 0 Å². The highest BCUT2D eigenvalue weighted by molar-refractivity contribution is 5.97. The molecule has 1 aliphatic heterocycles. The van der Waals surface area contributed by atoms with Gasteiger partial charge in [-0.2, -0.15) is 0 Å². The van der Waals surface area contributed by atoms with Crippen LogP contribution in [0.15, 0.2) is 23.0 Å². The molecule has 0 unspecified atom stereocenters. The van der Waals surface area contributed by atoms with Crippen molar-refractivity contribution in [2.45, 2.75) is 26.2 Å². The Morgan fingerprint density at radius 1 is 1.33 bits per heavy atom. The number of nitrogens with one attached hydrogen (secondary N) is 1. The first-order valence-electron chi connectivity index (χ1n) is 7.25. The standard InChI is InChI=1S/C16H19N3O2/c1-10-11(9-14(17)20)15-12(18-16(10)21)5-4-6-13(15)19-7-2-3-8-19/h4-6H,2-3,7-9H2,1H3,(H2,17,20)(H,18,21). The first-order chi connectivity index (χ1) is 10.1. The maximum atomic E-state index is 12.0. The highest BCUT2D eigenvalue weighted by Crippen LogP contribution is 2.31.